The van der Waals surface area contributed by atoms with E-state index in [0.717, 1.165) is 11.1 Å². The molecule has 3 rings (SSSR count). The molecule has 0 unspecified atom stereocenters. The van der Waals surface area contributed by atoms with Gasteiger partial charge in [-0.3, -0.25) is 0 Å². The first-order valence-corrected chi connectivity index (χ1v) is 8.19. The molecule has 0 saturated carbocycles. The molecular weight excluding hydrogens is 326 g/mol. The van der Waals surface area contributed by atoms with Crippen molar-refractivity contribution >= 4 is 23.3 Å². The minimum Gasteiger partial charge on any atom is -0.489 e. The number of carbonyl (C=O) groups is 1. The topological polar surface area (TPSA) is 72.5 Å². The molecule has 26 heavy (non-hydrogen) atoms. The predicted octanol–water partition coefficient (Wildman–Crippen LogP) is 4.47. The van der Waals surface area contributed by atoms with Crippen molar-refractivity contribution in [2.75, 3.05) is 5.73 Å². The highest BCUT2D eigenvalue weighted by atomic mass is 16.5. The summed E-state index contributed by atoms with van der Waals surface area (Å²) in [6.07, 6.45) is 1.63. The van der Waals surface area contributed by atoms with Gasteiger partial charge in [0.2, 0.25) is 0 Å². The number of nitrogen functional groups attached to an aromatic ring is 1. The fourth-order valence-electron chi connectivity index (χ4n) is 2.53. The molecule has 0 spiro atoms. The molecule has 0 atom stereocenters. The van der Waals surface area contributed by atoms with Crippen LogP contribution >= 0.6 is 0 Å². The first-order valence-electron chi connectivity index (χ1n) is 8.19. The van der Waals surface area contributed by atoms with Gasteiger partial charge in [0.25, 0.3) is 0 Å². The summed E-state index contributed by atoms with van der Waals surface area (Å²) >= 11 is 0. The molecule has 130 valence electrons. The second kappa shape index (κ2) is 8.03. The van der Waals surface area contributed by atoms with E-state index in [2.05, 4.69) is 0 Å². The number of hydrogen-bond acceptors (Lipinski definition) is 3. The van der Waals surface area contributed by atoms with Gasteiger partial charge in [0.1, 0.15) is 12.4 Å². The summed E-state index contributed by atoms with van der Waals surface area (Å²) < 4.78 is 5.80. The van der Waals surface area contributed by atoms with E-state index in [4.69, 9.17) is 10.5 Å². The lowest BCUT2D eigenvalue weighted by molar-refractivity contribution is -0.130. The molecule has 0 bridgehead atoms. The van der Waals surface area contributed by atoms with Gasteiger partial charge >= 0.3 is 5.97 Å². The molecule has 3 N–H and O–H groups in total. The van der Waals surface area contributed by atoms with Gasteiger partial charge in [0.15, 0.2) is 0 Å². The second-order valence-electron chi connectivity index (χ2n) is 5.83. The van der Waals surface area contributed by atoms with E-state index in [-0.39, 0.29) is 5.57 Å². The summed E-state index contributed by atoms with van der Waals surface area (Å²) in [5.41, 5.74) is 8.89. The predicted molar refractivity (Wildman–Crippen MR) is 104 cm³/mol. The van der Waals surface area contributed by atoms with Gasteiger partial charge in [-0.15, -0.1) is 0 Å². The van der Waals surface area contributed by atoms with Crippen LogP contribution in [0.5, 0.6) is 5.75 Å². The quantitative estimate of drug-likeness (QED) is 0.393. The van der Waals surface area contributed by atoms with E-state index in [0.29, 0.717) is 23.6 Å². The Morgan fingerprint density at radius 3 is 2.38 bits per heavy atom. The lowest BCUT2D eigenvalue weighted by atomic mass is 10.0. The molecule has 0 radical (unpaired) electrons. The monoisotopic (exact) mass is 345 g/mol. The molecule has 0 aliphatic carbocycles. The molecule has 0 aliphatic rings. The molecule has 3 aromatic carbocycles. The minimum atomic E-state index is -0.995. The third kappa shape index (κ3) is 4.51. The lowest BCUT2D eigenvalue weighted by Crippen LogP contribution is -2.00. The number of rotatable bonds is 6. The summed E-state index contributed by atoms with van der Waals surface area (Å²) in [6, 6.07) is 24.0. The number of hydrogen-bond donors (Lipinski definition) is 2. The summed E-state index contributed by atoms with van der Waals surface area (Å²) in [5.74, 6) is -0.310. The van der Waals surface area contributed by atoms with Crippen LogP contribution in [0.25, 0.3) is 11.6 Å². The van der Waals surface area contributed by atoms with Crippen LogP contribution in [0, 0.1) is 0 Å². The Kier molecular flexibility index (Phi) is 5.34. The number of ether oxygens (including phenoxy) is 1. The van der Waals surface area contributed by atoms with Crippen molar-refractivity contribution < 1.29 is 14.6 Å². The zero-order chi connectivity index (χ0) is 18.4. The van der Waals surface area contributed by atoms with Crippen LogP contribution in [-0.4, -0.2) is 11.1 Å². The molecule has 0 aliphatic heterocycles. The molecule has 0 amide bonds. The van der Waals surface area contributed by atoms with Gasteiger partial charge < -0.3 is 15.6 Å². The summed E-state index contributed by atoms with van der Waals surface area (Å²) in [4.78, 5) is 11.7. The third-order valence-electron chi connectivity index (χ3n) is 3.87. The van der Waals surface area contributed by atoms with Crippen molar-refractivity contribution in [1.82, 2.24) is 0 Å². The lowest BCUT2D eigenvalue weighted by Gasteiger charge is -2.08. The maximum atomic E-state index is 11.7. The first kappa shape index (κ1) is 17.3. The van der Waals surface area contributed by atoms with Crippen LogP contribution < -0.4 is 10.5 Å². The van der Waals surface area contributed by atoms with E-state index < -0.39 is 5.97 Å². The zero-order valence-corrected chi connectivity index (χ0v) is 14.1. The standard InChI is InChI=1S/C22H19NO3/c23-19-11-9-18(10-12-19)21(22(24)25)14-17-7-4-8-20(13-17)26-15-16-5-2-1-3-6-16/h1-14H,15,23H2,(H,24,25)/b21-14-. The zero-order valence-electron chi connectivity index (χ0n) is 14.1. The average Bonchev–Trinajstić information content (AvgIpc) is 2.66. The van der Waals surface area contributed by atoms with Crippen molar-refractivity contribution in [3.63, 3.8) is 0 Å². The van der Waals surface area contributed by atoms with E-state index in [1.165, 1.54) is 0 Å². The van der Waals surface area contributed by atoms with E-state index in [9.17, 15) is 9.90 Å². The second-order valence-corrected chi connectivity index (χ2v) is 5.83. The number of carboxylic acids is 1. The Bertz CT molecular complexity index is 916. The number of nitrogens with two attached hydrogens (primary N) is 1. The number of anilines is 1. The van der Waals surface area contributed by atoms with Gasteiger partial charge in [0.05, 0.1) is 5.57 Å². The molecule has 4 heteroatoms. The Balaban J connectivity index is 1.82. The van der Waals surface area contributed by atoms with Crippen molar-refractivity contribution in [3.05, 3.63) is 95.6 Å². The Labute approximate surface area is 152 Å². The summed E-state index contributed by atoms with van der Waals surface area (Å²) in [6.45, 7) is 0.456. The van der Waals surface area contributed by atoms with Gasteiger partial charge in [-0.05, 0) is 47.0 Å². The Morgan fingerprint density at radius 2 is 1.69 bits per heavy atom. The third-order valence-corrected chi connectivity index (χ3v) is 3.87. The molecule has 0 heterocycles. The van der Waals surface area contributed by atoms with Gasteiger partial charge in [-0.1, -0.05) is 54.6 Å². The molecular formula is C22H19NO3. The van der Waals surface area contributed by atoms with Crippen molar-refractivity contribution in [1.29, 1.82) is 0 Å². The van der Waals surface area contributed by atoms with Crippen LogP contribution in [0.2, 0.25) is 0 Å². The number of benzene rings is 3. The molecule has 0 fully saturated rings. The Morgan fingerprint density at radius 1 is 0.962 bits per heavy atom. The Hall–Kier alpha value is -3.53. The van der Waals surface area contributed by atoms with Crippen molar-refractivity contribution in [3.8, 4) is 5.75 Å². The SMILES string of the molecule is Nc1ccc(/C(=C/c2cccc(OCc3ccccc3)c2)C(=O)O)cc1. The fraction of sp³-hybridized carbons (Fsp3) is 0.0455. The smallest absolute Gasteiger partial charge is 0.336 e. The summed E-state index contributed by atoms with van der Waals surface area (Å²) in [5, 5.41) is 9.55. The van der Waals surface area contributed by atoms with Crippen LogP contribution in [0.3, 0.4) is 0 Å². The van der Waals surface area contributed by atoms with E-state index in [1.54, 1.807) is 30.3 Å². The minimum absolute atomic E-state index is 0.199. The van der Waals surface area contributed by atoms with E-state index >= 15 is 0 Å². The maximum Gasteiger partial charge on any atom is 0.336 e. The molecule has 0 aromatic heterocycles. The van der Waals surface area contributed by atoms with Crippen LogP contribution in [-0.2, 0) is 11.4 Å². The van der Waals surface area contributed by atoms with Gasteiger partial charge in [-0.2, -0.15) is 0 Å². The largest absolute Gasteiger partial charge is 0.489 e. The van der Waals surface area contributed by atoms with Crippen molar-refractivity contribution in [2.45, 2.75) is 6.61 Å². The highest BCUT2D eigenvalue weighted by Crippen LogP contribution is 2.22. The summed E-state index contributed by atoms with van der Waals surface area (Å²) in [7, 11) is 0. The maximum absolute atomic E-state index is 11.7. The van der Waals surface area contributed by atoms with Gasteiger partial charge in [-0.25, -0.2) is 4.79 Å². The highest BCUT2D eigenvalue weighted by molar-refractivity contribution is 6.20. The number of aliphatic carboxylic acids is 1. The molecule has 0 saturated heterocycles. The molecule has 4 nitrogen and oxygen atoms in total. The van der Waals surface area contributed by atoms with Crippen LogP contribution in [0.15, 0.2) is 78.9 Å². The van der Waals surface area contributed by atoms with Crippen LogP contribution in [0.1, 0.15) is 16.7 Å². The van der Waals surface area contributed by atoms with Crippen LogP contribution in [0.4, 0.5) is 5.69 Å². The first-order chi connectivity index (χ1) is 12.6. The number of carboxylic acid groups (broad SMARTS) is 1. The normalized spacial score (nSPS) is 11.2. The molecule has 3 aromatic rings. The van der Waals surface area contributed by atoms with Gasteiger partial charge in [0, 0.05) is 5.69 Å². The van der Waals surface area contributed by atoms with Crippen molar-refractivity contribution in [2.24, 2.45) is 0 Å². The van der Waals surface area contributed by atoms with E-state index in [1.807, 2.05) is 54.6 Å². The average molecular weight is 345 g/mol. The highest BCUT2D eigenvalue weighted by Gasteiger charge is 2.10. The fourth-order valence-corrected chi connectivity index (χ4v) is 2.53.